The van der Waals surface area contributed by atoms with Gasteiger partial charge in [-0.05, 0) is 24.0 Å². The molecular weight excluding hydrogens is 248 g/mol. The fraction of sp³-hybridized carbons (Fsp3) is 0.375. The van der Waals surface area contributed by atoms with Crippen LogP contribution in [0.15, 0.2) is 36.7 Å². The maximum atomic E-state index is 4.22. The highest BCUT2D eigenvalue weighted by molar-refractivity contribution is 5.46. The van der Waals surface area contributed by atoms with Crippen LogP contribution in [0.5, 0.6) is 0 Å². The zero-order valence-electron chi connectivity index (χ0n) is 12.4. The van der Waals surface area contributed by atoms with Gasteiger partial charge in [0, 0.05) is 19.2 Å². The minimum atomic E-state index is 0.571. The Bertz CT molecular complexity index is 534. The number of anilines is 2. The lowest BCUT2D eigenvalue weighted by Gasteiger charge is -2.09. The second kappa shape index (κ2) is 6.89. The summed E-state index contributed by atoms with van der Waals surface area (Å²) in [6, 6.07) is 10.6. The van der Waals surface area contributed by atoms with E-state index in [2.05, 4.69) is 58.7 Å². The molecule has 106 valence electrons. The predicted molar refractivity (Wildman–Crippen MR) is 84.1 cm³/mol. The molecule has 0 radical (unpaired) electrons. The van der Waals surface area contributed by atoms with Crippen LogP contribution in [0.2, 0.25) is 0 Å². The second-order valence-corrected chi connectivity index (χ2v) is 5.07. The molecule has 2 rings (SSSR count). The molecule has 4 heteroatoms. The van der Waals surface area contributed by atoms with Crippen molar-refractivity contribution in [2.45, 2.75) is 33.2 Å². The van der Waals surface area contributed by atoms with E-state index in [-0.39, 0.29) is 0 Å². The number of nitrogens with one attached hydrogen (secondary N) is 2. The minimum Gasteiger partial charge on any atom is -0.370 e. The molecule has 1 aromatic heterocycles. The number of rotatable bonds is 6. The average Bonchev–Trinajstić information content (AvgIpc) is 2.46. The van der Waals surface area contributed by atoms with Gasteiger partial charge >= 0.3 is 0 Å². The highest BCUT2D eigenvalue weighted by Crippen LogP contribution is 2.15. The van der Waals surface area contributed by atoms with Gasteiger partial charge in [0.1, 0.15) is 18.0 Å². The molecule has 2 aromatic rings. The quantitative estimate of drug-likeness (QED) is 0.841. The summed E-state index contributed by atoms with van der Waals surface area (Å²) in [7, 11) is 0. The van der Waals surface area contributed by atoms with E-state index >= 15 is 0 Å². The van der Waals surface area contributed by atoms with Crippen LogP contribution in [0.3, 0.4) is 0 Å². The van der Waals surface area contributed by atoms with E-state index in [1.54, 1.807) is 6.33 Å². The fourth-order valence-electron chi connectivity index (χ4n) is 1.94. The topological polar surface area (TPSA) is 49.8 Å². The molecule has 0 unspecified atom stereocenters. The van der Waals surface area contributed by atoms with Gasteiger partial charge in [-0.25, -0.2) is 9.97 Å². The van der Waals surface area contributed by atoms with E-state index in [9.17, 15) is 0 Å². The number of aromatic nitrogens is 2. The molecule has 1 aromatic carbocycles. The lowest BCUT2D eigenvalue weighted by molar-refractivity contribution is 0.865. The molecule has 0 bridgehead atoms. The Morgan fingerprint density at radius 1 is 1.00 bits per heavy atom. The van der Waals surface area contributed by atoms with Crippen LogP contribution < -0.4 is 10.6 Å². The molecule has 1 heterocycles. The Morgan fingerprint density at radius 3 is 2.25 bits per heavy atom. The monoisotopic (exact) mass is 270 g/mol. The number of nitrogens with zero attached hydrogens (tertiary/aromatic N) is 2. The van der Waals surface area contributed by atoms with Crippen LogP contribution in [0.4, 0.5) is 11.6 Å². The molecule has 0 fully saturated rings. The van der Waals surface area contributed by atoms with Gasteiger partial charge in [0.25, 0.3) is 0 Å². The first-order valence-electron chi connectivity index (χ1n) is 7.07. The lowest BCUT2D eigenvalue weighted by atomic mass is 10.0. The highest BCUT2D eigenvalue weighted by atomic mass is 15.1. The normalized spacial score (nSPS) is 10.6. The predicted octanol–water partition coefficient (Wildman–Crippen LogP) is 3.64. The van der Waals surface area contributed by atoms with Crippen molar-refractivity contribution in [2.24, 2.45) is 0 Å². The van der Waals surface area contributed by atoms with Crippen molar-refractivity contribution in [3.8, 4) is 0 Å². The fourth-order valence-corrected chi connectivity index (χ4v) is 1.94. The van der Waals surface area contributed by atoms with Gasteiger partial charge in [-0.15, -0.1) is 0 Å². The molecule has 0 atom stereocenters. The summed E-state index contributed by atoms with van der Waals surface area (Å²) in [5, 5.41) is 6.49. The first kappa shape index (κ1) is 14.3. The summed E-state index contributed by atoms with van der Waals surface area (Å²) in [6.45, 7) is 8.08. The van der Waals surface area contributed by atoms with Crippen molar-refractivity contribution in [2.75, 3.05) is 17.2 Å². The van der Waals surface area contributed by atoms with Gasteiger partial charge in [0.2, 0.25) is 0 Å². The molecule has 0 aliphatic carbocycles. The van der Waals surface area contributed by atoms with Gasteiger partial charge in [0.05, 0.1) is 0 Å². The molecule has 0 amide bonds. The Kier molecular flexibility index (Phi) is 4.93. The van der Waals surface area contributed by atoms with Gasteiger partial charge < -0.3 is 10.6 Å². The van der Waals surface area contributed by atoms with Crippen molar-refractivity contribution in [1.82, 2.24) is 9.97 Å². The molecule has 0 aliphatic heterocycles. The maximum absolute atomic E-state index is 4.22. The minimum absolute atomic E-state index is 0.571. The van der Waals surface area contributed by atoms with Crippen LogP contribution in [-0.2, 0) is 6.54 Å². The maximum Gasteiger partial charge on any atom is 0.131 e. The standard InChI is InChI=1S/C16H22N4/c1-4-17-15-9-16(20-11-19-15)18-10-13-5-7-14(8-6-13)12(2)3/h5-9,11-12H,4,10H2,1-3H3,(H2,17,18,19,20). The summed E-state index contributed by atoms with van der Waals surface area (Å²) >= 11 is 0. The number of hydrogen-bond donors (Lipinski definition) is 2. The molecule has 0 saturated carbocycles. The van der Waals surface area contributed by atoms with Crippen molar-refractivity contribution in [3.63, 3.8) is 0 Å². The van der Waals surface area contributed by atoms with Gasteiger partial charge in [0.15, 0.2) is 0 Å². The Morgan fingerprint density at radius 2 is 1.65 bits per heavy atom. The third-order valence-electron chi connectivity index (χ3n) is 3.14. The number of benzene rings is 1. The van der Waals surface area contributed by atoms with E-state index in [1.165, 1.54) is 11.1 Å². The SMILES string of the molecule is CCNc1cc(NCc2ccc(C(C)C)cc2)ncn1. The molecule has 0 saturated heterocycles. The zero-order valence-corrected chi connectivity index (χ0v) is 12.4. The van der Waals surface area contributed by atoms with Crippen LogP contribution >= 0.6 is 0 Å². The molecule has 0 aliphatic rings. The van der Waals surface area contributed by atoms with Crippen molar-refractivity contribution in [1.29, 1.82) is 0 Å². The molecule has 20 heavy (non-hydrogen) atoms. The third kappa shape index (κ3) is 3.95. The van der Waals surface area contributed by atoms with E-state index in [1.807, 2.05) is 13.0 Å². The Balaban J connectivity index is 1.96. The first-order chi connectivity index (χ1) is 9.69. The highest BCUT2D eigenvalue weighted by Gasteiger charge is 2.00. The van der Waals surface area contributed by atoms with E-state index in [4.69, 9.17) is 0 Å². The second-order valence-electron chi connectivity index (χ2n) is 5.07. The van der Waals surface area contributed by atoms with Crippen LogP contribution in [0.25, 0.3) is 0 Å². The molecule has 2 N–H and O–H groups in total. The van der Waals surface area contributed by atoms with E-state index in [0.717, 1.165) is 24.7 Å². The summed E-state index contributed by atoms with van der Waals surface area (Å²) in [4.78, 5) is 8.37. The largest absolute Gasteiger partial charge is 0.370 e. The Hall–Kier alpha value is -2.10. The average molecular weight is 270 g/mol. The lowest BCUT2D eigenvalue weighted by Crippen LogP contribution is -2.04. The first-order valence-corrected chi connectivity index (χ1v) is 7.07. The summed E-state index contributed by atoms with van der Waals surface area (Å²) in [5.74, 6) is 2.26. The van der Waals surface area contributed by atoms with Crippen LogP contribution in [0.1, 0.15) is 37.8 Å². The summed E-state index contributed by atoms with van der Waals surface area (Å²) < 4.78 is 0. The summed E-state index contributed by atoms with van der Waals surface area (Å²) in [6.07, 6.45) is 1.57. The zero-order chi connectivity index (χ0) is 14.4. The van der Waals surface area contributed by atoms with Gasteiger partial charge in [-0.2, -0.15) is 0 Å². The molecule has 4 nitrogen and oxygen atoms in total. The smallest absolute Gasteiger partial charge is 0.131 e. The third-order valence-corrected chi connectivity index (χ3v) is 3.14. The van der Waals surface area contributed by atoms with Crippen molar-refractivity contribution in [3.05, 3.63) is 47.8 Å². The van der Waals surface area contributed by atoms with E-state index in [0.29, 0.717) is 5.92 Å². The molecular formula is C16H22N4. The molecule has 0 spiro atoms. The van der Waals surface area contributed by atoms with Crippen LogP contribution in [0, 0.1) is 0 Å². The van der Waals surface area contributed by atoms with Gasteiger partial charge in [-0.1, -0.05) is 38.1 Å². The van der Waals surface area contributed by atoms with Gasteiger partial charge in [-0.3, -0.25) is 0 Å². The van der Waals surface area contributed by atoms with E-state index < -0.39 is 0 Å². The van der Waals surface area contributed by atoms with Crippen molar-refractivity contribution >= 4 is 11.6 Å². The van der Waals surface area contributed by atoms with Crippen LogP contribution in [-0.4, -0.2) is 16.5 Å². The van der Waals surface area contributed by atoms with Crippen molar-refractivity contribution < 1.29 is 0 Å². The number of hydrogen-bond acceptors (Lipinski definition) is 4. The summed E-state index contributed by atoms with van der Waals surface area (Å²) in [5.41, 5.74) is 2.61. The Labute approximate surface area is 120 Å².